The number of ether oxygens (including phenoxy) is 1. The van der Waals surface area contributed by atoms with Crippen LogP contribution in [-0.4, -0.2) is 47.3 Å². The van der Waals surface area contributed by atoms with Crippen molar-refractivity contribution in [3.63, 3.8) is 0 Å². The van der Waals surface area contributed by atoms with Gasteiger partial charge in [0.15, 0.2) is 6.10 Å². The lowest BCUT2D eigenvalue weighted by Gasteiger charge is -2.22. The van der Waals surface area contributed by atoms with Gasteiger partial charge in [0, 0.05) is 13.1 Å². The first kappa shape index (κ1) is 21.1. The van der Waals surface area contributed by atoms with Crippen LogP contribution in [-0.2, 0) is 9.59 Å². The van der Waals surface area contributed by atoms with Crippen LogP contribution in [0.3, 0.4) is 0 Å². The van der Waals surface area contributed by atoms with Crippen LogP contribution in [0.4, 0.5) is 13.2 Å². The minimum Gasteiger partial charge on any atom is -0.481 e. The molecule has 1 aliphatic heterocycles. The topological polar surface area (TPSA) is 66.8 Å². The van der Waals surface area contributed by atoms with Crippen molar-refractivity contribution in [3.05, 3.63) is 29.3 Å². The maximum Gasteiger partial charge on any atom is 0.394 e. The summed E-state index contributed by atoms with van der Waals surface area (Å²) in [6.45, 7) is 6.33. The highest BCUT2D eigenvalue weighted by atomic mass is 19.4. The van der Waals surface area contributed by atoms with Gasteiger partial charge in [0.1, 0.15) is 5.75 Å². The number of carbonyl (C=O) groups is 2. The molecule has 27 heavy (non-hydrogen) atoms. The molecule has 8 heteroatoms. The van der Waals surface area contributed by atoms with Crippen LogP contribution in [0.2, 0.25) is 0 Å². The third kappa shape index (κ3) is 4.73. The third-order valence-corrected chi connectivity index (χ3v) is 4.89. The lowest BCUT2D eigenvalue weighted by atomic mass is 9.96. The van der Waals surface area contributed by atoms with E-state index in [9.17, 15) is 22.8 Å². The monoisotopic (exact) mass is 387 g/mol. The Labute approximate surface area is 156 Å². The molecule has 1 heterocycles. The van der Waals surface area contributed by atoms with Crippen LogP contribution in [0.5, 0.6) is 5.75 Å². The van der Waals surface area contributed by atoms with Crippen molar-refractivity contribution in [2.45, 2.75) is 45.9 Å². The Kier molecular flexibility index (Phi) is 6.07. The van der Waals surface area contributed by atoms with E-state index in [0.29, 0.717) is 11.7 Å². The van der Waals surface area contributed by atoms with Gasteiger partial charge in [0.05, 0.1) is 11.8 Å². The van der Waals surface area contributed by atoms with Crippen molar-refractivity contribution in [1.29, 1.82) is 0 Å². The number of hydrogen-bond acceptors (Lipinski definition) is 3. The summed E-state index contributed by atoms with van der Waals surface area (Å²) in [6.07, 6.45) is -5.69. The van der Waals surface area contributed by atoms with Crippen molar-refractivity contribution in [2.24, 2.45) is 11.8 Å². The summed E-state index contributed by atoms with van der Waals surface area (Å²) in [5, 5.41) is 9.05. The van der Waals surface area contributed by atoms with Crippen molar-refractivity contribution in [2.75, 3.05) is 13.1 Å². The zero-order valence-electron chi connectivity index (χ0n) is 15.7. The number of carboxylic acid groups (broad SMARTS) is 1. The third-order valence-electron chi connectivity index (χ3n) is 4.89. The normalized spacial score (nSPS) is 21.4. The molecule has 0 saturated carbocycles. The van der Waals surface area contributed by atoms with E-state index in [-0.39, 0.29) is 0 Å². The van der Waals surface area contributed by atoms with Crippen LogP contribution in [0.1, 0.15) is 37.8 Å². The molecule has 150 valence electrons. The highest BCUT2D eigenvalue weighted by Crippen LogP contribution is 2.38. The fourth-order valence-corrected chi connectivity index (χ4v) is 3.45. The minimum absolute atomic E-state index is 0.329. The van der Waals surface area contributed by atoms with Gasteiger partial charge >= 0.3 is 12.1 Å². The number of aliphatic carboxylic acids is 1. The SMILES string of the molecule is Cc1cc(OC(C)C(=O)N2C[C@@H](C(F)(F)F)[C@H](C(=O)O)C2)ccc1C(C)C. The van der Waals surface area contributed by atoms with E-state index < -0.39 is 49.1 Å². The Morgan fingerprint density at radius 3 is 2.30 bits per heavy atom. The number of alkyl halides is 3. The molecule has 1 unspecified atom stereocenters. The van der Waals surface area contributed by atoms with Crippen LogP contribution in [0.25, 0.3) is 0 Å². The van der Waals surface area contributed by atoms with E-state index in [4.69, 9.17) is 9.84 Å². The van der Waals surface area contributed by atoms with Crippen LogP contribution < -0.4 is 4.74 Å². The molecule has 1 fully saturated rings. The molecular weight excluding hydrogens is 363 g/mol. The highest BCUT2D eigenvalue weighted by Gasteiger charge is 2.53. The molecule has 1 saturated heterocycles. The molecule has 0 bridgehead atoms. The quantitative estimate of drug-likeness (QED) is 0.838. The molecule has 1 aromatic rings. The smallest absolute Gasteiger partial charge is 0.394 e. The Morgan fingerprint density at radius 2 is 1.85 bits per heavy atom. The van der Waals surface area contributed by atoms with Gasteiger partial charge in [0.2, 0.25) is 0 Å². The first-order valence-corrected chi connectivity index (χ1v) is 8.77. The van der Waals surface area contributed by atoms with E-state index in [0.717, 1.165) is 16.0 Å². The Bertz CT molecular complexity index is 717. The van der Waals surface area contributed by atoms with Crippen LogP contribution in [0.15, 0.2) is 18.2 Å². The maximum atomic E-state index is 13.1. The van der Waals surface area contributed by atoms with Crippen molar-refractivity contribution >= 4 is 11.9 Å². The number of amides is 1. The van der Waals surface area contributed by atoms with Gasteiger partial charge in [0.25, 0.3) is 5.91 Å². The van der Waals surface area contributed by atoms with Crippen LogP contribution >= 0.6 is 0 Å². The summed E-state index contributed by atoms with van der Waals surface area (Å²) in [4.78, 5) is 24.6. The predicted molar refractivity (Wildman–Crippen MR) is 92.6 cm³/mol. The summed E-state index contributed by atoms with van der Waals surface area (Å²) >= 11 is 0. The standard InChI is InChI=1S/C19H24F3NO4/c1-10(2)14-6-5-13(7-11(14)3)27-12(4)17(24)23-8-15(18(25)26)16(9-23)19(20,21)22/h5-7,10,12,15-16H,8-9H2,1-4H3,(H,25,26)/t12?,15-,16-/m1/s1. The zero-order chi connectivity index (χ0) is 20.5. The summed E-state index contributed by atoms with van der Waals surface area (Å²) < 4.78 is 44.8. The van der Waals surface area contributed by atoms with Gasteiger partial charge in [-0.15, -0.1) is 0 Å². The highest BCUT2D eigenvalue weighted by molar-refractivity contribution is 5.82. The number of likely N-dealkylation sites (tertiary alicyclic amines) is 1. The second kappa shape index (κ2) is 7.78. The fraction of sp³-hybridized carbons (Fsp3) is 0.579. The van der Waals surface area contributed by atoms with E-state index in [1.165, 1.54) is 6.92 Å². The van der Waals surface area contributed by atoms with Gasteiger partial charge in [-0.05, 0) is 43.0 Å². The zero-order valence-corrected chi connectivity index (χ0v) is 15.7. The molecule has 5 nitrogen and oxygen atoms in total. The molecule has 0 radical (unpaired) electrons. The van der Waals surface area contributed by atoms with Crippen LogP contribution in [0, 0.1) is 18.8 Å². The van der Waals surface area contributed by atoms with E-state index in [1.54, 1.807) is 12.1 Å². The number of benzene rings is 1. The van der Waals surface area contributed by atoms with Crippen molar-refractivity contribution < 1.29 is 32.6 Å². The number of halogens is 3. The van der Waals surface area contributed by atoms with Crippen molar-refractivity contribution in [3.8, 4) is 5.75 Å². The second-order valence-electron chi connectivity index (χ2n) is 7.27. The van der Waals surface area contributed by atoms with Crippen molar-refractivity contribution in [1.82, 2.24) is 4.90 Å². The van der Waals surface area contributed by atoms with Gasteiger partial charge in [-0.3, -0.25) is 9.59 Å². The molecule has 0 aliphatic carbocycles. The molecule has 1 amide bonds. The summed E-state index contributed by atoms with van der Waals surface area (Å²) in [6, 6.07) is 5.39. The molecule has 1 aliphatic rings. The summed E-state index contributed by atoms with van der Waals surface area (Å²) in [5.74, 6) is -5.17. The molecule has 0 spiro atoms. The summed E-state index contributed by atoms with van der Waals surface area (Å²) in [7, 11) is 0. The lowest BCUT2D eigenvalue weighted by molar-refractivity contribution is -0.188. The minimum atomic E-state index is -4.67. The number of nitrogens with zero attached hydrogens (tertiary/aromatic N) is 1. The number of carbonyl (C=O) groups excluding carboxylic acids is 1. The molecule has 2 rings (SSSR count). The van der Waals surface area contributed by atoms with Gasteiger partial charge < -0.3 is 14.7 Å². The largest absolute Gasteiger partial charge is 0.481 e. The Balaban J connectivity index is 2.09. The first-order chi connectivity index (χ1) is 12.4. The molecule has 1 aromatic carbocycles. The van der Waals surface area contributed by atoms with Gasteiger partial charge in [-0.25, -0.2) is 0 Å². The van der Waals surface area contributed by atoms with Gasteiger partial charge in [-0.1, -0.05) is 19.9 Å². The molecule has 3 atom stereocenters. The summed E-state index contributed by atoms with van der Waals surface area (Å²) in [5.41, 5.74) is 2.13. The number of hydrogen-bond donors (Lipinski definition) is 1. The number of carboxylic acids is 1. The number of aryl methyl sites for hydroxylation is 1. The molecule has 0 aromatic heterocycles. The lowest BCUT2D eigenvalue weighted by Crippen LogP contribution is -2.40. The average molecular weight is 387 g/mol. The first-order valence-electron chi connectivity index (χ1n) is 8.77. The van der Waals surface area contributed by atoms with E-state index >= 15 is 0 Å². The average Bonchev–Trinajstić information content (AvgIpc) is 2.99. The van der Waals surface area contributed by atoms with E-state index in [1.807, 2.05) is 13.0 Å². The maximum absolute atomic E-state index is 13.1. The van der Waals surface area contributed by atoms with E-state index in [2.05, 4.69) is 13.8 Å². The van der Waals surface area contributed by atoms with Gasteiger partial charge in [-0.2, -0.15) is 13.2 Å². The Hall–Kier alpha value is -2.25. The Morgan fingerprint density at radius 1 is 1.22 bits per heavy atom. The molecular formula is C19H24F3NO4. The fourth-order valence-electron chi connectivity index (χ4n) is 3.45. The predicted octanol–water partition coefficient (Wildman–Crippen LogP) is 3.61. The number of rotatable bonds is 5. The second-order valence-corrected chi connectivity index (χ2v) is 7.27. The molecule has 1 N–H and O–H groups in total.